The summed E-state index contributed by atoms with van der Waals surface area (Å²) in [5.41, 5.74) is 4.53. The Hall–Kier alpha value is -3.43. The van der Waals surface area contributed by atoms with Gasteiger partial charge in [0.25, 0.3) is 5.69 Å². The van der Waals surface area contributed by atoms with Crippen LogP contribution < -0.4 is 4.90 Å². The largest absolute Gasteiger partial charge is 0.274 e. The number of aromatic nitrogens is 2. The average Bonchev–Trinajstić information content (AvgIpc) is 3.35. The number of aryl methyl sites for hydroxylation is 2. The number of hydrogen-bond acceptors (Lipinski definition) is 7. The van der Waals surface area contributed by atoms with Crippen LogP contribution in [0.2, 0.25) is 0 Å². The number of thiazole rings is 2. The van der Waals surface area contributed by atoms with Crippen LogP contribution in [0.3, 0.4) is 0 Å². The fourth-order valence-corrected chi connectivity index (χ4v) is 4.78. The Balaban J connectivity index is 1.59. The van der Waals surface area contributed by atoms with Crippen molar-refractivity contribution in [2.24, 2.45) is 0 Å². The van der Waals surface area contributed by atoms with Crippen molar-refractivity contribution >= 4 is 67.5 Å². The maximum Gasteiger partial charge on any atom is 0.270 e. The molecule has 156 valence electrons. The van der Waals surface area contributed by atoms with E-state index in [4.69, 9.17) is 0 Å². The Kier molecular flexibility index (Phi) is 5.62. The van der Waals surface area contributed by atoms with Gasteiger partial charge in [0.15, 0.2) is 5.13 Å². The number of non-ortho nitro benzene ring substituents is 1. The van der Waals surface area contributed by atoms with Crippen molar-refractivity contribution in [3.8, 4) is 0 Å². The van der Waals surface area contributed by atoms with E-state index in [9.17, 15) is 14.9 Å². The third-order valence-corrected chi connectivity index (χ3v) is 6.59. The van der Waals surface area contributed by atoms with Crippen molar-refractivity contribution in [1.29, 1.82) is 0 Å². The topological polar surface area (TPSA) is 89.2 Å². The predicted molar refractivity (Wildman–Crippen MR) is 126 cm³/mol. The van der Waals surface area contributed by atoms with Gasteiger partial charge in [0.05, 0.1) is 26.5 Å². The molecule has 4 rings (SSSR count). The molecule has 0 bridgehead atoms. The van der Waals surface area contributed by atoms with Crippen molar-refractivity contribution in [2.45, 2.75) is 20.8 Å². The van der Waals surface area contributed by atoms with E-state index in [-0.39, 0.29) is 11.6 Å². The molecule has 0 saturated carbocycles. The number of carbonyl (C=O) groups excluding carboxylic acids is 1. The van der Waals surface area contributed by atoms with E-state index in [0.29, 0.717) is 16.3 Å². The second-order valence-corrected chi connectivity index (χ2v) is 8.87. The standard InChI is InChI=1S/C22H18N4O3S2/c1-13-4-6-17(10-14(13)2)25(15(3)27)22-23-16(12-30-22)5-9-21-24-19-8-7-18(26(28)29)11-20(19)31-21/h4-12H,1-3H3/b9-5+. The second-order valence-electron chi connectivity index (χ2n) is 6.97. The van der Waals surface area contributed by atoms with E-state index in [2.05, 4.69) is 9.97 Å². The monoisotopic (exact) mass is 450 g/mol. The van der Waals surface area contributed by atoms with Gasteiger partial charge in [0.1, 0.15) is 5.01 Å². The number of amides is 1. The lowest BCUT2D eigenvalue weighted by Gasteiger charge is -2.19. The molecule has 0 aliphatic carbocycles. The maximum atomic E-state index is 12.3. The summed E-state index contributed by atoms with van der Waals surface area (Å²) >= 11 is 2.76. The van der Waals surface area contributed by atoms with Gasteiger partial charge in [-0.15, -0.1) is 22.7 Å². The molecular weight excluding hydrogens is 432 g/mol. The Morgan fingerprint density at radius 1 is 1.10 bits per heavy atom. The SMILES string of the molecule is CC(=O)N(c1ccc(C)c(C)c1)c1nc(/C=C/c2nc3ccc([N+](=O)[O-])cc3s2)cs1. The molecular formula is C22H18N4O3S2. The summed E-state index contributed by atoms with van der Waals surface area (Å²) in [6, 6.07) is 10.5. The van der Waals surface area contributed by atoms with Gasteiger partial charge in [-0.2, -0.15) is 0 Å². The van der Waals surface area contributed by atoms with E-state index >= 15 is 0 Å². The van der Waals surface area contributed by atoms with Crippen molar-refractivity contribution < 1.29 is 9.72 Å². The molecule has 31 heavy (non-hydrogen) atoms. The number of rotatable bonds is 5. The van der Waals surface area contributed by atoms with Crippen LogP contribution in [0.1, 0.15) is 28.8 Å². The first kappa shape index (κ1) is 20.8. The van der Waals surface area contributed by atoms with Gasteiger partial charge in [-0.25, -0.2) is 9.97 Å². The van der Waals surface area contributed by atoms with Crippen LogP contribution in [0, 0.1) is 24.0 Å². The lowest BCUT2D eigenvalue weighted by atomic mass is 10.1. The first-order chi connectivity index (χ1) is 14.8. The van der Waals surface area contributed by atoms with Crippen LogP contribution in [0.15, 0.2) is 41.8 Å². The van der Waals surface area contributed by atoms with Gasteiger partial charge in [0.2, 0.25) is 5.91 Å². The smallest absolute Gasteiger partial charge is 0.270 e. The minimum absolute atomic E-state index is 0.0477. The van der Waals surface area contributed by atoms with Crippen molar-refractivity contribution in [3.05, 3.63) is 73.7 Å². The molecule has 2 heterocycles. The van der Waals surface area contributed by atoms with E-state index < -0.39 is 4.92 Å². The van der Waals surface area contributed by atoms with Crippen molar-refractivity contribution in [1.82, 2.24) is 9.97 Å². The highest BCUT2D eigenvalue weighted by Gasteiger charge is 2.18. The molecule has 0 fully saturated rings. The highest BCUT2D eigenvalue weighted by molar-refractivity contribution is 7.19. The van der Waals surface area contributed by atoms with Gasteiger partial charge < -0.3 is 0 Å². The van der Waals surface area contributed by atoms with E-state index in [0.717, 1.165) is 26.5 Å². The van der Waals surface area contributed by atoms with Crippen molar-refractivity contribution in [2.75, 3.05) is 4.90 Å². The second kappa shape index (κ2) is 8.37. The van der Waals surface area contributed by atoms with Crippen LogP contribution in [-0.4, -0.2) is 20.8 Å². The van der Waals surface area contributed by atoms with Gasteiger partial charge in [-0.05, 0) is 55.3 Å². The Morgan fingerprint density at radius 2 is 1.90 bits per heavy atom. The summed E-state index contributed by atoms with van der Waals surface area (Å²) < 4.78 is 0.755. The third-order valence-electron chi connectivity index (χ3n) is 4.76. The molecule has 4 aromatic rings. The molecule has 9 heteroatoms. The van der Waals surface area contributed by atoms with Crippen LogP contribution in [-0.2, 0) is 4.79 Å². The summed E-state index contributed by atoms with van der Waals surface area (Å²) in [6.07, 6.45) is 3.65. The molecule has 0 atom stereocenters. The fraction of sp³-hybridized carbons (Fsp3) is 0.136. The van der Waals surface area contributed by atoms with E-state index in [1.807, 2.05) is 49.6 Å². The van der Waals surface area contributed by atoms with Crippen LogP contribution in [0.25, 0.3) is 22.4 Å². The van der Waals surface area contributed by atoms with Crippen molar-refractivity contribution in [3.63, 3.8) is 0 Å². The van der Waals surface area contributed by atoms with E-state index in [1.165, 1.54) is 41.7 Å². The number of nitro benzene ring substituents is 1. The van der Waals surface area contributed by atoms with Gasteiger partial charge in [0, 0.05) is 24.4 Å². The maximum absolute atomic E-state index is 12.3. The number of carbonyl (C=O) groups is 1. The first-order valence-electron chi connectivity index (χ1n) is 9.38. The molecule has 0 radical (unpaired) electrons. The van der Waals surface area contributed by atoms with E-state index in [1.54, 1.807) is 11.0 Å². The number of anilines is 2. The molecule has 2 aromatic carbocycles. The molecule has 0 N–H and O–H groups in total. The summed E-state index contributed by atoms with van der Waals surface area (Å²) in [4.78, 5) is 33.5. The highest BCUT2D eigenvalue weighted by Crippen LogP contribution is 2.31. The molecule has 2 aromatic heterocycles. The van der Waals surface area contributed by atoms with Gasteiger partial charge in [-0.1, -0.05) is 6.07 Å². The van der Waals surface area contributed by atoms with Gasteiger partial charge >= 0.3 is 0 Å². The Morgan fingerprint density at radius 3 is 2.61 bits per heavy atom. The lowest BCUT2D eigenvalue weighted by molar-refractivity contribution is -0.384. The summed E-state index contributed by atoms with van der Waals surface area (Å²) in [5, 5.41) is 14.1. The Labute approximate surface area is 186 Å². The van der Waals surface area contributed by atoms with Gasteiger partial charge in [-0.3, -0.25) is 19.8 Å². The zero-order valence-electron chi connectivity index (χ0n) is 17.0. The zero-order valence-corrected chi connectivity index (χ0v) is 18.7. The fourth-order valence-electron chi connectivity index (χ4n) is 3.02. The number of nitro groups is 1. The quantitative estimate of drug-likeness (QED) is 0.269. The Bertz CT molecular complexity index is 1340. The highest BCUT2D eigenvalue weighted by atomic mass is 32.1. The summed E-state index contributed by atoms with van der Waals surface area (Å²) in [7, 11) is 0. The van der Waals surface area contributed by atoms with Crippen LogP contribution >= 0.6 is 22.7 Å². The third kappa shape index (κ3) is 4.37. The first-order valence-corrected chi connectivity index (χ1v) is 11.1. The number of fused-ring (bicyclic) bond motifs is 1. The molecule has 1 amide bonds. The summed E-state index contributed by atoms with van der Waals surface area (Å²) in [6.45, 7) is 5.57. The normalized spacial score (nSPS) is 11.3. The minimum Gasteiger partial charge on any atom is -0.274 e. The minimum atomic E-state index is -0.415. The van der Waals surface area contributed by atoms with Crippen LogP contribution in [0.4, 0.5) is 16.5 Å². The number of hydrogen-bond donors (Lipinski definition) is 0. The number of nitrogens with zero attached hydrogens (tertiary/aromatic N) is 4. The molecule has 0 saturated heterocycles. The predicted octanol–water partition coefficient (Wildman–Crippen LogP) is 6.13. The summed E-state index contributed by atoms with van der Waals surface area (Å²) in [5.74, 6) is -0.110. The zero-order chi connectivity index (χ0) is 22.1. The molecule has 0 aliphatic heterocycles. The van der Waals surface area contributed by atoms with Crippen LogP contribution in [0.5, 0.6) is 0 Å². The lowest BCUT2D eigenvalue weighted by Crippen LogP contribution is -2.22. The molecule has 7 nitrogen and oxygen atoms in total. The molecule has 0 aliphatic rings. The number of benzene rings is 2. The molecule has 0 spiro atoms. The average molecular weight is 451 g/mol. The molecule has 0 unspecified atom stereocenters.